The summed E-state index contributed by atoms with van der Waals surface area (Å²) < 4.78 is 0. The highest BCUT2D eigenvalue weighted by Crippen LogP contribution is 2.27. The molecule has 1 heterocycles. The lowest BCUT2D eigenvalue weighted by molar-refractivity contribution is -0.122. The maximum absolute atomic E-state index is 11.9. The van der Waals surface area contributed by atoms with Crippen molar-refractivity contribution < 1.29 is 4.79 Å². The zero-order valence-corrected chi connectivity index (χ0v) is 11.7. The van der Waals surface area contributed by atoms with Crippen molar-refractivity contribution in [3.05, 3.63) is 0 Å². The summed E-state index contributed by atoms with van der Waals surface area (Å²) >= 11 is 0. The Morgan fingerprint density at radius 1 is 1.22 bits per heavy atom. The molecule has 0 aromatic rings. The molecule has 0 aromatic heterocycles. The Balaban J connectivity index is 1.67. The fourth-order valence-corrected chi connectivity index (χ4v) is 3.52. The number of carbonyl (C=O) groups excluding carboxylic acids is 1. The largest absolute Gasteiger partial charge is 0.355 e. The van der Waals surface area contributed by atoms with Crippen molar-refractivity contribution in [2.45, 2.75) is 64.3 Å². The average molecular weight is 252 g/mol. The third kappa shape index (κ3) is 3.98. The van der Waals surface area contributed by atoms with Crippen molar-refractivity contribution in [1.29, 1.82) is 0 Å². The van der Waals surface area contributed by atoms with E-state index in [-0.39, 0.29) is 5.91 Å². The summed E-state index contributed by atoms with van der Waals surface area (Å²) in [6.45, 7) is 4.19. The van der Waals surface area contributed by atoms with Crippen molar-refractivity contribution in [3.8, 4) is 0 Å². The first-order valence-electron chi connectivity index (χ1n) is 7.79. The van der Waals surface area contributed by atoms with E-state index in [0.29, 0.717) is 12.0 Å². The third-order valence-corrected chi connectivity index (χ3v) is 4.72. The topological polar surface area (TPSA) is 41.1 Å². The maximum Gasteiger partial charge on any atom is 0.220 e. The number of carbonyl (C=O) groups is 1. The lowest BCUT2D eigenvalue weighted by atomic mass is 9.88. The van der Waals surface area contributed by atoms with Crippen molar-refractivity contribution in [2.24, 2.45) is 11.8 Å². The van der Waals surface area contributed by atoms with Gasteiger partial charge >= 0.3 is 0 Å². The van der Waals surface area contributed by atoms with E-state index in [1.807, 2.05) is 0 Å². The zero-order valence-electron chi connectivity index (χ0n) is 11.7. The van der Waals surface area contributed by atoms with E-state index in [1.54, 1.807) is 0 Å². The standard InChI is InChI=1S/C15H28N2O/c1-2-13-8-5-9-16-14(13)11-17-15(18)10-12-6-3-4-7-12/h12-14,16H,2-11H2,1H3,(H,17,18). The van der Waals surface area contributed by atoms with Crippen LogP contribution in [0.4, 0.5) is 0 Å². The molecule has 2 unspecified atom stereocenters. The molecule has 2 N–H and O–H groups in total. The highest BCUT2D eigenvalue weighted by molar-refractivity contribution is 5.76. The molecule has 1 amide bonds. The molecule has 104 valence electrons. The van der Waals surface area contributed by atoms with Gasteiger partial charge in [-0.3, -0.25) is 4.79 Å². The van der Waals surface area contributed by atoms with Crippen molar-refractivity contribution in [2.75, 3.05) is 13.1 Å². The molecular formula is C15H28N2O. The summed E-state index contributed by atoms with van der Waals surface area (Å²) in [5.41, 5.74) is 0. The van der Waals surface area contributed by atoms with Gasteiger partial charge in [-0.1, -0.05) is 26.2 Å². The molecule has 1 saturated heterocycles. The lowest BCUT2D eigenvalue weighted by Gasteiger charge is -2.32. The second-order valence-corrected chi connectivity index (χ2v) is 6.03. The van der Waals surface area contributed by atoms with Crippen LogP contribution in [-0.2, 0) is 4.79 Å². The highest BCUT2D eigenvalue weighted by atomic mass is 16.1. The molecule has 1 saturated carbocycles. The predicted molar refractivity (Wildman–Crippen MR) is 74.4 cm³/mol. The molecule has 2 rings (SSSR count). The van der Waals surface area contributed by atoms with Gasteiger partial charge in [-0.2, -0.15) is 0 Å². The van der Waals surface area contributed by atoms with Gasteiger partial charge in [0.25, 0.3) is 0 Å². The van der Waals surface area contributed by atoms with Crippen LogP contribution in [0.5, 0.6) is 0 Å². The Bertz CT molecular complexity index is 261. The first-order valence-corrected chi connectivity index (χ1v) is 7.79. The Hall–Kier alpha value is -0.570. The van der Waals surface area contributed by atoms with Gasteiger partial charge in [0.15, 0.2) is 0 Å². The van der Waals surface area contributed by atoms with Gasteiger partial charge in [-0.15, -0.1) is 0 Å². The van der Waals surface area contributed by atoms with Gasteiger partial charge < -0.3 is 10.6 Å². The molecule has 0 spiro atoms. The number of hydrogen-bond donors (Lipinski definition) is 2. The van der Waals surface area contributed by atoms with Gasteiger partial charge in [0, 0.05) is 19.0 Å². The van der Waals surface area contributed by atoms with Crippen LogP contribution < -0.4 is 10.6 Å². The summed E-state index contributed by atoms with van der Waals surface area (Å²) in [6, 6.07) is 0.497. The maximum atomic E-state index is 11.9. The summed E-state index contributed by atoms with van der Waals surface area (Å²) in [4.78, 5) is 11.9. The van der Waals surface area contributed by atoms with Crippen LogP contribution in [0.3, 0.4) is 0 Å². The second kappa shape index (κ2) is 7.13. The van der Waals surface area contributed by atoms with Crippen LogP contribution in [-0.4, -0.2) is 25.0 Å². The van der Waals surface area contributed by atoms with Crippen LogP contribution >= 0.6 is 0 Å². The Labute approximate surface area is 111 Å². The van der Waals surface area contributed by atoms with E-state index in [9.17, 15) is 4.79 Å². The molecule has 2 aliphatic rings. The molecule has 18 heavy (non-hydrogen) atoms. The molecule has 3 heteroatoms. The van der Waals surface area contributed by atoms with Crippen molar-refractivity contribution in [1.82, 2.24) is 10.6 Å². The summed E-state index contributed by atoms with van der Waals surface area (Å²) in [7, 11) is 0. The molecule has 0 radical (unpaired) electrons. The van der Waals surface area contributed by atoms with Gasteiger partial charge in [0.2, 0.25) is 5.91 Å². The fourth-order valence-electron chi connectivity index (χ4n) is 3.52. The van der Waals surface area contributed by atoms with Crippen LogP contribution in [0.25, 0.3) is 0 Å². The van der Waals surface area contributed by atoms with Crippen molar-refractivity contribution >= 4 is 5.91 Å². The summed E-state index contributed by atoms with van der Waals surface area (Å²) in [6.07, 6.45) is 9.72. The molecule has 2 fully saturated rings. The quantitative estimate of drug-likeness (QED) is 0.789. The predicted octanol–water partition coefficient (Wildman–Crippen LogP) is 2.46. The number of nitrogens with one attached hydrogen (secondary N) is 2. The molecule has 1 aliphatic heterocycles. The van der Waals surface area contributed by atoms with Gasteiger partial charge in [0.05, 0.1) is 0 Å². The average Bonchev–Trinajstić information content (AvgIpc) is 2.89. The normalized spacial score (nSPS) is 29.4. The molecule has 1 aliphatic carbocycles. The number of amides is 1. The second-order valence-electron chi connectivity index (χ2n) is 6.03. The summed E-state index contributed by atoms with van der Waals surface area (Å²) in [5.74, 6) is 1.67. The Morgan fingerprint density at radius 2 is 2.00 bits per heavy atom. The smallest absolute Gasteiger partial charge is 0.220 e. The van der Waals surface area contributed by atoms with Crippen LogP contribution in [0.2, 0.25) is 0 Å². The van der Waals surface area contributed by atoms with Crippen LogP contribution in [0, 0.1) is 11.8 Å². The molecule has 2 atom stereocenters. The Kier molecular flexibility index (Phi) is 5.48. The van der Waals surface area contributed by atoms with E-state index >= 15 is 0 Å². The minimum Gasteiger partial charge on any atom is -0.355 e. The van der Waals surface area contributed by atoms with Gasteiger partial charge in [0.1, 0.15) is 0 Å². The van der Waals surface area contributed by atoms with Gasteiger partial charge in [-0.05, 0) is 44.1 Å². The van der Waals surface area contributed by atoms with E-state index in [1.165, 1.54) is 44.9 Å². The minimum absolute atomic E-state index is 0.268. The molecule has 3 nitrogen and oxygen atoms in total. The van der Waals surface area contributed by atoms with Crippen molar-refractivity contribution in [3.63, 3.8) is 0 Å². The number of hydrogen-bond acceptors (Lipinski definition) is 2. The van der Waals surface area contributed by atoms with E-state index in [4.69, 9.17) is 0 Å². The Morgan fingerprint density at radius 3 is 2.72 bits per heavy atom. The molecular weight excluding hydrogens is 224 g/mol. The van der Waals surface area contributed by atoms with E-state index < -0.39 is 0 Å². The highest BCUT2D eigenvalue weighted by Gasteiger charge is 2.24. The minimum atomic E-state index is 0.268. The van der Waals surface area contributed by atoms with E-state index in [0.717, 1.165) is 25.4 Å². The van der Waals surface area contributed by atoms with Crippen LogP contribution in [0.15, 0.2) is 0 Å². The molecule has 0 bridgehead atoms. The lowest BCUT2D eigenvalue weighted by Crippen LogP contribution is -2.48. The molecule has 0 aromatic carbocycles. The SMILES string of the molecule is CCC1CCCNC1CNC(=O)CC1CCCC1. The first-order chi connectivity index (χ1) is 8.79. The van der Waals surface area contributed by atoms with Gasteiger partial charge in [-0.25, -0.2) is 0 Å². The van der Waals surface area contributed by atoms with E-state index in [2.05, 4.69) is 17.6 Å². The zero-order chi connectivity index (χ0) is 12.8. The number of rotatable bonds is 5. The summed E-state index contributed by atoms with van der Waals surface area (Å²) in [5, 5.41) is 6.70. The monoisotopic (exact) mass is 252 g/mol. The third-order valence-electron chi connectivity index (χ3n) is 4.72. The number of piperidine rings is 1. The first kappa shape index (κ1) is 13.9. The van der Waals surface area contributed by atoms with Crippen LogP contribution in [0.1, 0.15) is 58.3 Å². The fraction of sp³-hybridized carbons (Fsp3) is 0.933.